The molecule has 8 nitrogen and oxygen atoms in total. The molecular weight excluding hydrogens is 426 g/mol. The van der Waals surface area contributed by atoms with Crippen molar-refractivity contribution in [3.05, 3.63) is 77.1 Å². The molecule has 0 radical (unpaired) electrons. The van der Waals surface area contributed by atoms with E-state index in [-0.39, 0.29) is 17.9 Å². The molecule has 1 aliphatic rings. The highest BCUT2D eigenvalue weighted by Crippen LogP contribution is 2.38. The molecule has 5 rings (SSSR count). The average molecular weight is 448 g/mol. The number of nitrogens with one attached hydrogen (secondary N) is 1. The van der Waals surface area contributed by atoms with Crippen LogP contribution in [-0.2, 0) is 4.74 Å². The van der Waals surface area contributed by atoms with Crippen molar-refractivity contribution in [2.45, 2.75) is 6.10 Å². The molecule has 1 saturated heterocycles. The third kappa shape index (κ3) is 3.65. The zero-order chi connectivity index (χ0) is 22.1. The van der Waals surface area contributed by atoms with E-state index in [0.29, 0.717) is 36.0 Å². The number of hydrogen-bond donors (Lipinski definition) is 1. The second kappa shape index (κ2) is 8.52. The predicted octanol–water partition coefficient (Wildman–Crippen LogP) is 3.06. The maximum Gasteiger partial charge on any atom is 0.261 e. The van der Waals surface area contributed by atoms with Gasteiger partial charge in [0.15, 0.2) is 5.82 Å². The first-order chi connectivity index (χ1) is 15.7. The molecule has 9 heteroatoms. The maximum absolute atomic E-state index is 13.2. The first-order valence-electron chi connectivity index (χ1n) is 10.3. The van der Waals surface area contributed by atoms with Crippen LogP contribution < -0.4 is 5.32 Å². The second-order valence-corrected chi connectivity index (χ2v) is 8.44. The van der Waals surface area contributed by atoms with E-state index in [1.165, 1.54) is 11.3 Å². The number of nitrogens with zero attached hydrogens (tertiary/aromatic N) is 4. The Labute approximate surface area is 188 Å². The highest BCUT2D eigenvalue weighted by Gasteiger charge is 2.31. The number of pyridine rings is 1. The number of carbonyl (C=O) groups is 2. The third-order valence-electron chi connectivity index (χ3n) is 5.48. The van der Waals surface area contributed by atoms with Gasteiger partial charge in [-0.2, -0.15) is 5.10 Å². The van der Waals surface area contributed by atoms with Crippen molar-refractivity contribution in [2.24, 2.45) is 0 Å². The first kappa shape index (κ1) is 20.3. The molecule has 1 atom stereocenters. The van der Waals surface area contributed by atoms with Crippen molar-refractivity contribution in [2.75, 3.05) is 26.7 Å². The van der Waals surface area contributed by atoms with Gasteiger partial charge in [0.1, 0.15) is 6.10 Å². The normalized spacial score (nSPS) is 16.3. The van der Waals surface area contributed by atoms with Crippen LogP contribution in [0.3, 0.4) is 0 Å². The smallest absolute Gasteiger partial charge is 0.261 e. The van der Waals surface area contributed by atoms with E-state index >= 15 is 0 Å². The van der Waals surface area contributed by atoms with Crippen LogP contribution >= 0.6 is 11.3 Å². The van der Waals surface area contributed by atoms with Crippen molar-refractivity contribution in [1.82, 2.24) is 25.0 Å². The quantitative estimate of drug-likeness (QED) is 0.519. The number of carbonyl (C=O) groups excluding carboxylic acids is 2. The monoisotopic (exact) mass is 447 g/mol. The van der Waals surface area contributed by atoms with E-state index in [4.69, 9.17) is 4.74 Å². The third-order valence-corrected chi connectivity index (χ3v) is 6.66. The lowest BCUT2D eigenvalue weighted by Gasteiger charge is -2.33. The van der Waals surface area contributed by atoms with Gasteiger partial charge in [-0.25, -0.2) is 9.67 Å². The highest BCUT2D eigenvalue weighted by molar-refractivity contribution is 7.21. The summed E-state index contributed by atoms with van der Waals surface area (Å²) in [6.45, 7) is 1.24. The van der Waals surface area contributed by atoms with Gasteiger partial charge in [0.2, 0.25) is 0 Å². The summed E-state index contributed by atoms with van der Waals surface area (Å²) < 4.78 is 8.72. The number of aromatic nitrogens is 3. The number of amides is 2. The molecule has 162 valence electrons. The average Bonchev–Trinajstić information content (AvgIpc) is 3.52. The molecule has 3 aromatic heterocycles. The molecule has 4 heterocycles. The predicted molar refractivity (Wildman–Crippen MR) is 121 cm³/mol. The summed E-state index contributed by atoms with van der Waals surface area (Å²) in [6, 6.07) is 13.2. The maximum atomic E-state index is 13.2. The topological polar surface area (TPSA) is 89.4 Å². The van der Waals surface area contributed by atoms with Crippen LogP contribution in [0.4, 0.5) is 0 Å². The molecule has 0 bridgehead atoms. The Morgan fingerprint density at radius 2 is 2.06 bits per heavy atom. The van der Waals surface area contributed by atoms with Crippen LogP contribution in [0.5, 0.6) is 0 Å². The zero-order valence-electron chi connectivity index (χ0n) is 17.4. The Kier molecular flexibility index (Phi) is 5.42. The van der Waals surface area contributed by atoms with Crippen molar-refractivity contribution < 1.29 is 14.3 Å². The molecule has 4 aromatic rings. The lowest BCUT2D eigenvalue weighted by Crippen LogP contribution is -2.42. The van der Waals surface area contributed by atoms with E-state index < -0.39 is 0 Å². The Balaban J connectivity index is 1.41. The van der Waals surface area contributed by atoms with Crippen LogP contribution in [0.1, 0.15) is 31.7 Å². The van der Waals surface area contributed by atoms with Gasteiger partial charge in [0, 0.05) is 42.4 Å². The molecule has 0 aliphatic carbocycles. The van der Waals surface area contributed by atoms with E-state index in [1.54, 1.807) is 47.4 Å². The van der Waals surface area contributed by atoms with E-state index in [1.807, 2.05) is 30.3 Å². The first-order valence-corrected chi connectivity index (χ1v) is 11.1. The SMILES string of the molecule is CNC(=O)c1sc2ccccc2c1[C@H]1CN(C(=O)c2ccc(-n3cccn3)nc2)CCO1. The van der Waals surface area contributed by atoms with Gasteiger partial charge in [-0.15, -0.1) is 11.3 Å². The summed E-state index contributed by atoms with van der Waals surface area (Å²) in [7, 11) is 1.62. The largest absolute Gasteiger partial charge is 0.370 e. The molecule has 32 heavy (non-hydrogen) atoms. The summed E-state index contributed by atoms with van der Waals surface area (Å²) in [5.74, 6) is 0.386. The van der Waals surface area contributed by atoms with E-state index in [2.05, 4.69) is 15.4 Å². The lowest BCUT2D eigenvalue weighted by molar-refractivity contribution is -0.0222. The number of morpholine rings is 1. The minimum Gasteiger partial charge on any atom is -0.370 e. The summed E-state index contributed by atoms with van der Waals surface area (Å²) in [5, 5.41) is 7.86. The number of ether oxygens (including phenoxy) is 1. The number of thiophene rings is 1. The molecule has 0 saturated carbocycles. The Bertz CT molecular complexity index is 1270. The van der Waals surface area contributed by atoms with Crippen LogP contribution in [-0.4, -0.2) is 58.2 Å². The van der Waals surface area contributed by atoms with E-state index in [0.717, 1.165) is 15.6 Å². The fourth-order valence-electron chi connectivity index (χ4n) is 3.91. The zero-order valence-corrected chi connectivity index (χ0v) is 18.2. The summed E-state index contributed by atoms with van der Waals surface area (Å²) >= 11 is 1.44. The summed E-state index contributed by atoms with van der Waals surface area (Å²) in [5.41, 5.74) is 1.35. The lowest BCUT2D eigenvalue weighted by atomic mass is 10.0. The van der Waals surface area contributed by atoms with Gasteiger partial charge < -0.3 is 15.0 Å². The van der Waals surface area contributed by atoms with Gasteiger partial charge in [0.05, 0.1) is 23.6 Å². The second-order valence-electron chi connectivity index (χ2n) is 7.39. The van der Waals surface area contributed by atoms with Gasteiger partial charge in [0.25, 0.3) is 11.8 Å². The standard InChI is InChI=1S/C23H21N5O3S/c1-24-22(29)21-20(16-5-2-3-6-18(16)32-21)17-14-27(11-12-31-17)23(30)15-7-8-19(25-13-15)28-10-4-9-26-28/h2-10,13,17H,11-12,14H2,1H3,(H,24,29)/t17-/m1/s1. The van der Waals surface area contributed by atoms with Crippen molar-refractivity contribution in [1.29, 1.82) is 0 Å². The fraction of sp³-hybridized carbons (Fsp3) is 0.217. The number of hydrogen-bond acceptors (Lipinski definition) is 6. The molecule has 0 spiro atoms. The summed E-state index contributed by atoms with van der Waals surface area (Å²) in [6.07, 6.45) is 4.66. The molecule has 0 unspecified atom stereocenters. The van der Waals surface area contributed by atoms with Crippen molar-refractivity contribution in [3.63, 3.8) is 0 Å². The molecule has 1 aromatic carbocycles. The molecule has 1 aliphatic heterocycles. The van der Waals surface area contributed by atoms with Crippen LogP contribution in [0.15, 0.2) is 61.1 Å². The van der Waals surface area contributed by atoms with Crippen LogP contribution in [0.2, 0.25) is 0 Å². The van der Waals surface area contributed by atoms with Gasteiger partial charge >= 0.3 is 0 Å². The van der Waals surface area contributed by atoms with E-state index in [9.17, 15) is 9.59 Å². The Morgan fingerprint density at radius 1 is 1.19 bits per heavy atom. The molecule has 1 N–H and O–H groups in total. The highest BCUT2D eigenvalue weighted by atomic mass is 32.1. The molecule has 1 fully saturated rings. The Hall–Kier alpha value is -3.56. The van der Waals surface area contributed by atoms with Crippen molar-refractivity contribution in [3.8, 4) is 5.82 Å². The van der Waals surface area contributed by atoms with Gasteiger partial charge in [-0.3, -0.25) is 9.59 Å². The number of fused-ring (bicyclic) bond motifs is 1. The van der Waals surface area contributed by atoms with Crippen LogP contribution in [0.25, 0.3) is 15.9 Å². The van der Waals surface area contributed by atoms with Gasteiger partial charge in [-0.1, -0.05) is 18.2 Å². The van der Waals surface area contributed by atoms with Gasteiger partial charge in [-0.05, 0) is 29.7 Å². The fourth-order valence-corrected chi connectivity index (χ4v) is 5.11. The molecular formula is C23H21N5O3S. The minimum absolute atomic E-state index is 0.112. The number of rotatable bonds is 4. The molecule has 2 amide bonds. The van der Waals surface area contributed by atoms with Crippen molar-refractivity contribution >= 4 is 33.2 Å². The summed E-state index contributed by atoms with van der Waals surface area (Å²) in [4.78, 5) is 32.5. The van der Waals surface area contributed by atoms with Crippen LogP contribution in [0, 0.1) is 0 Å². The Morgan fingerprint density at radius 3 is 2.81 bits per heavy atom. The minimum atomic E-state index is -0.382. The number of benzene rings is 1.